The third-order valence-electron chi connectivity index (χ3n) is 6.54. The summed E-state index contributed by atoms with van der Waals surface area (Å²) in [6, 6.07) is 11.6. The Balaban J connectivity index is 1.60. The number of aromatic nitrogens is 1. The van der Waals surface area contributed by atoms with Crippen LogP contribution in [0.15, 0.2) is 47.4 Å². The quantitative estimate of drug-likeness (QED) is 0.369. The van der Waals surface area contributed by atoms with Crippen molar-refractivity contribution in [2.75, 3.05) is 30.5 Å². The predicted molar refractivity (Wildman–Crippen MR) is 143 cm³/mol. The average Bonchev–Trinajstić information content (AvgIpc) is 3.18. The Hall–Kier alpha value is -3.36. The molecule has 1 aromatic heterocycles. The average molecular weight is 549 g/mol. The number of sulfone groups is 1. The highest BCUT2D eigenvalue weighted by Gasteiger charge is 2.30. The van der Waals surface area contributed by atoms with Crippen LogP contribution in [-0.4, -0.2) is 51.2 Å². The molecule has 11 heteroatoms. The van der Waals surface area contributed by atoms with Crippen LogP contribution in [0.2, 0.25) is 0 Å². The number of hydrogen-bond donors (Lipinski definition) is 3. The first kappa shape index (κ1) is 27.7. The van der Waals surface area contributed by atoms with Gasteiger partial charge in [-0.25, -0.2) is 8.42 Å². The molecule has 4 rings (SSSR count). The van der Waals surface area contributed by atoms with Gasteiger partial charge in [0.25, 0.3) is 0 Å². The minimum absolute atomic E-state index is 0.104. The number of ether oxygens (including phenoxy) is 1. The Morgan fingerprint density at radius 2 is 1.95 bits per heavy atom. The number of anilines is 2. The van der Waals surface area contributed by atoms with Gasteiger partial charge in [-0.2, -0.15) is 13.2 Å². The van der Waals surface area contributed by atoms with Crippen LogP contribution in [0.5, 0.6) is 5.75 Å². The molecule has 2 atom stereocenters. The number of rotatable bonds is 7. The zero-order valence-electron chi connectivity index (χ0n) is 21.2. The summed E-state index contributed by atoms with van der Waals surface area (Å²) in [5.41, 5.74) is 8.09. The normalized spacial score (nSPS) is 18.1. The van der Waals surface area contributed by atoms with E-state index in [1.165, 1.54) is 23.8 Å². The van der Waals surface area contributed by atoms with Gasteiger partial charge >= 0.3 is 6.18 Å². The maximum Gasteiger partial charge on any atom is 0.406 e. The fourth-order valence-electron chi connectivity index (χ4n) is 4.76. The molecule has 0 bridgehead atoms. The van der Waals surface area contributed by atoms with Crippen molar-refractivity contribution in [3.63, 3.8) is 0 Å². The monoisotopic (exact) mass is 548 g/mol. The molecule has 38 heavy (non-hydrogen) atoms. The molecular weight excluding hydrogens is 517 g/mol. The first-order valence-corrected chi connectivity index (χ1v) is 14.2. The molecule has 4 N–H and O–H groups in total. The van der Waals surface area contributed by atoms with Gasteiger partial charge in [-0.1, -0.05) is 12.0 Å². The minimum Gasteiger partial charge on any atom is -0.495 e. The van der Waals surface area contributed by atoms with Crippen LogP contribution in [0.1, 0.15) is 31.4 Å². The topological polar surface area (TPSA) is 98.4 Å². The van der Waals surface area contributed by atoms with E-state index in [1.54, 1.807) is 24.3 Å². The van der Waals surface area contributed by atoms with E-state index in [2.05, 4.69) is 22.5 Å². The smallest absolute Gasteiger partial charge is 0.406 e. The van der Waals surface area contributed by atoms with Gasteiger partial charge in [0.05, 0.1) is 35.4 Å². The standard InChI is InChI=1S/C27H31F3N4O3S/c1-37-26-16-21(38(2,35)36)11-12-24(26)32-13-5-8-20-15-22-23(33-19-7-3-6-18(31)14-19)9-4-10-25(22)34(20)17-27(28,29)30/h4,9-12,15-16,18-19,32-33H,3,6-7,13-14,17,31H2,1-2H3. The Morgan fingerprint density at radius 3 is 2.63 bits per heavy atom. The molecule has 2 unspecified atom stereocenters. The summed E-state index contributed by atoms with van der Waals surface area (Å²) in [6.45, 7) is -1.06. The summed E-state index contributed by atoms with van der Waals surface area (Å²) in [7, 11) is -1.99. The van der Waals surface area contributed by atoms with E-state index in [4.69, 9.17) is 10.5 Å². The highest BCUT2D eigenvalue weighted by molar-refractivity contribution is 7.90. The number of fused-ring (bicyclic) bond motifs is 1. The fourth-order valence-corrected chi connectivity index (χ4v) is 5.40. The summed E-state index contributed by atoms with van der Waals surface area (Å²) >= 11 is 0. The second-order valence-corrected chi connectivity index (χ2v) is 11.5. The van der Waals surface area contributed by atoms with Crippen molar-refractivity contribution in [3.05, 3.63) is 48.2 Å². The lowest BCUT2D eigenvalue weighted by Crippen LogP contribution is -2.34. The van der Waals surface area contributed by atoms with Crippen molar-refractivity contribution in [1.29, 1.82) is 0 Å². The molecule has 1 saturated carbocycles. The molecule has 0 aliphatic heterocycles. The van der Waals surface area contributed by atoms with E-state index in [0.717, 1.165) is 37.6 Å². The van der Waals surface area contributed by atoms with Crippen molar-refractivity contribution in [3.8, 4) is 17.6 Å². The molecule has 1 aliphatic carbocycles. The summed E-state index contributed by atoms with van der Waals surface area (Å²) in [6.07, 6.45) is 0.439. The van der Waals surface area contributed by atoms with Crippen LogP contribution in [-0.2, 0) is 16.4 Å². The highest BCUT2D eigenvalue weighted by atomic mass is 32.2. The van der Waals surface area contributed by atoms with Crippen molar-refractivity contribution >= 4 is 32.1 Å². The van der Waals surface area contributed by atoms with Gasteiger partial charge in [-0.3, -0.25) is 0 Å². The third-order valence-corrected chi connectivity index (χ3v) is 7.65. The molecule has 7 nitrogen and oxygen atoms in total. The summed E-state index contributed by atoms with van der Waals surface area (Å²) in [5.74, 6) is 6.07. The van der Waals surface area contributed by atoms with Gasteiger partial charge in [0, 0.05) is 35.5 Å². The Labute approximate surface area is 220 Å². The molecule has 0 saturated heterocycles. The number of nitrogens with zero attached hydrogens (tertiary/aromatic N) is 1. The number of halogens is 3. The van der Waals surface area contributed by atoms with E-state index < -0.39 is 22.6 Å². The Morgan fingerprint density at radius 1 is 1.16 bits per heavy atom. The maximum atomic E-state index is 13.5. The predicted octanol–water partition coefficient (Wildman–Crippen LogP) is 4.76. The minimum atomic E-state index is -4.42. The number of hydrogen-bond acceptors (Lipinski definition) is 6. The van der Waals surface area contributed by atoms with Crippen molar-refractivity contribution in [2.45, 2.75) is 55.4 Å². The van der Waals surface area contributed by atoms with Crippen molar-refractivity contribution in [1.82, 2.24) is 4.57 Å². The Kier molecular flexibility index (Phi) is 8.13. The van der Waals surface area contributed by atoms with Crippen LogP contribution in [0.3, 0.4) is 0 Å². The lowest BCUT2D eigenvalue weighted by molar-refractivity contribution is -0.140. The largest absolute Gasteiger partial charge is 0.495 e. The third kappa shape index (κ3) is 6.74. The fraction of sp³-hybridized carbons (Fsp3) is 0.407. The first-order chi connectivity index (χ1) is 17.9. The molecule has 0 amide bonds. The summed E-state index contributed by atoms with van der Waals surface area (Å²) in [5, 5.41) is 7.19. The first-order valence-electron chi connectivity index (χ1n) is 12.3. The SMILES string of the molecule is COc1cc(S(C)(=O)=O)ccc1NCC#Cc1cc2c(NC3CCCC(N)C3)cccc2n1CC(F)(F)F. The van der Waals surface area contributed by atoms with E-state index in [0.29, 0.717) is 22.3 Å². The lowest BCUT2D eigenvalue weighted by atomic mass is 9.91. The molecule has 1 heterocycles. The second-order valence-electron chi connectivity index (χ2n) is 9.53. The van der Waals surface area contributed by atoms with E-state index >= 15 is 0 Å². The zero-order valence-corrected chi connectivity index (χ0v) is 22.0. The van der Waals surface area contributed by atoms with Crippen LogP contribution in [0.25, 0.3) is 10.9 Å². The Bertz CT molecular complexity index is 1470. The van der Waals surface area contributed by atoms with Gasteiger partial charge in [0.2, 0.25) is 0 Å². The van der Waals surface area contributed by atoms with Gasteiger partial charge in [0.1, 0.15) is 12.3 Å². The van der Waals surface area contributed by atoms with Crippen molar-refractivity contribution in [2.24, 2.45) is 5.73 Å². The molecular formula is C27H31F3N4O3S. The van der Waals surface area contributed by atoms with Gasteiger partial charge in [-0.15, -0.1) is 0 Å². The highest BCUT2D eigenvalue weighted by Crippen LogP contribution is 2.32. The molecule has 2 aromatic carbocycles. The molecule has 204 valence electrons. The second kappa shape index (κ2) is 11.2. The summed E-state index contributed by atoms with van der Waals surface area (Å²) in [4.78, 5) is 0.113. The van der Waals surface area contributed by atoms with Crippen LogP contribution in [0, 0.1) is 11.8 Å². The number of nitrogens with one attached hydrogen (secondary N) is 2. The van der Waals surface area contributed by atoms with Gasteiger partial charge in [-0.05, 0) is 61.9 Å². The number of benzene rings is 2. The van der Waals surface area contributed by atoms with Crippen LogP contribution >= 0.6 is 0 Å². The zero-order chi connectivity index (χ0) is 27.5. The van der Waals surface area contributed by atoms with E-state index in [1.807, 2.05) is 6.07 Å². The molecule has 0 radical (unpaired) electrons. The molecule has 1 fully saturated rings. The maximum absolute atomic E-state index is 13.5. The van der Waals surface area contributed by atoms with Crippen LogP contribution in [0.4, 0.5) is 24.5 Å². The van der Waals surface area contributed by atoms with Crippen LogP contribution < -0.4 is 21.1 Å². The number of methoxy groups -OCH3 is 1. The lowest BCUT2D eigenvalue weighted by Gasteiger charge is -2.28. The van der Waals surface area contributed by atoms with Gasteiger partial charge < -0.3 is 25.7 Å². The van der Waals surface area contributed by atoms with E-state index in [-0.39, 0.29) is 29.2 Å². The molecule has 3 aromatic rings. The summed E-state index contributed by atoms with van der Waals surface area (Å²) < 4.78 is 70.5. The molecule has 1 aliphatic rings. The number of alkyl halides is 3. The van der Waals surface area contributed by atoms with Gasteiger partial charge in [0.15, 0.2) is 9.84 Å². The number of nitrogens with two attached hydrogens (primary N) is 1. The van der Waals surface area contributed by atoms with Crippen molar-refractivity contribution < 1.29 is 26.3 Å². The molecule has 0 spiro atoms. The van der Waals surface area contributed by atoms with E-state index in [9.17, 15) is 21.6 Å².